The van der Waals surface area contributed by atoms with Crippen LogP contribution in [0.5, 0.6) is 5.75 Å². The molecule has 1 aliphatic heterocycles. The van der Waals surface area contributed by atoms with E-state index < -0.39 is 12.0 Å². The summed E-state index contributed by atoms with van der Waals surface area (Å²) in [4.78, 5) is 39.0. The average molecular weight is 433 g/mol. The lowest BCUT2D eigenvalue weighted by Crippen LogP contribution is -2.33. The number of benzene rings is 2. The van der Waals surface area contributed by atoms with Crippen LogP contribution in [0, 0.1) is 0 Å². The van der Waals surface area contributed by atoms with Crippen molar-refractivity contribution in [2.45, 2.75) is 19.4 Å². The summed E-state index contributed by atoms with van der Waals surface area (Å²) in [7, 11) is 0. The predicted molar refractivity (Wildman–Crippen MR) is 120 cm³/mol. The lowest BCUT2D eigenvalue weighted by Gasteiger charge is -2.32. The quantitative estimate of drug-likeness (QED) is 0.461. The Labute approximate surface area is 183 Å². The molecule has 1 atom stereocenters. The second-order valence-corrected chi connectivity index (χ2v) is 7.97. The van der Waals surface area contributed by atoms with Crippen LogP contribution in [-0.2, 0) is 9.59 Å². The van der Waals surface area contributed by atoms with E-state index >= 15 is 0 Å². The zero-order valence-electron chi connectivity index (χ0n) is 16.8. The molecule has 1 N–H and O–H groups in total. The standard InChI is InChI=1S/C24H20N2O4S/c1-16(27)26-13-12-17-5-2-3-6-20(17)21(26)15-23(28)30-19-10-8-18(9-11-19)25-24(29)22-7-4-14-31-22/h2-14,21H,15H2,1H3,(H,25,29). The topological polar surface area (TPSA) is 75.7 Å². The van der Waals surface area contributed by atoms with Gasteiger partial charge in [0.15, 0.2) is 0 Å². The van der Waals surface area contributed by atoms with Crippen LogP contribution in [0.3, 0.4) is 0 Å². The van der Waals surface area contributed by atoms with E-state index in [0.29, 0.717) is 16.3 Å². The van der Waals surface area contributed by atoms with Crippen LogP contribution < -0.4 is 10.1 Å². The van der Waals surface area contributed by atoms with Crippen LogP contribution >= 0.6 is 11.3 Å². The van der Waals surface area contributed by atoms with Gasteiger partial charge in [0, 0.05) is 18.8 Å². The molecule has 3 aromatic rings. The molecule has 0 spiro atoms. The third-order valence-electron chi connectivity index (χ3n) is 4.92. The van der Waals surface area contributed by atoms with Gasteiger partial charge in [-0.15, -0.1) is 11.3 Å². The molecule has 0 bridgehead atoms. The van der Waals surface area contributed by atoms with Crippen LogP contribution in [0.25, 0.3) is 6.08 Å². The zero-order valence-corrected chi connectivity index (χ0v) is 17.6. The van der Waals surface area contributed by atoms with Crippen molar-refractivity contribution in [1.29, 1.82) is 0 Å². The smallest absolute Gasteiger partial charge is 0.313 e. The van der Waals surface area contributed by atoms with Crippen LogP contribution in [0.4, 0.5) is 5.69 Å². The summed E-state index contributed by atoms with van der Waals surface area (Å²) in [6.45, 7) is 1.47. The Hall–Kier alpha value is -3.71. The number of thiophene rings is 1. The lowest BCUT2D eigenvalue weighted by molar-refractivity contribution is -0.137. The first-order chi connectivity index (χ1) is 15.0. The van der Waals surface area contributed by atoms with E-state index in [0.717, 1.165) is 11.1 Å². The molecule has 0 radical (unpaired) electrons. The van der Waals surface area contributed by atoms with Gasteiger partial charge in [0.1, 0.15) is 5.75 Å². The van der Waals surface area contributed by atoms with Gasteiger partial charge in [0.2, 0.25) is 5.91 Å². The van der Waals surface area contributed by atoms with E-state index in [4.69, 9.17) is 4.74 Å². The summed E-state index contributed by atoms with van der Waals surface area (Å²) in [6, 6.07) is 17.4. The van der Waals surface area contributed by atoms with E-state index in [2.05, 4.69) is 5.32 Å². The summed E-state index contributed by atoms with van der Waals surface area (Å²) in [5, 5.41) is 4.64. The zero-order chi connectivity index (χ0) is 21.8. The molecular formula is C24H20N2O4S. The Morgan fingerprint density at radius 1 is 1.03 bits per heavy atom. The highest BCUT2D eigenvalue weighted by Gasteiger charge is 2.28. The number of hydrogen-bond donors (Lipinski definition) is 1. The Kier molecular flexibility index (Phi) is 5.95. The fourth-order valence-electron chi connectivity index (χ4n) is 3.45. The van der Waals surface area contributed by atoms with Crippen LogP contribution in [0.1, 0.15) is 40.2 Å². The Morgan fingerprint density at radius 2 is 1.81 bits per heavy atom. The molecule has 0 saturated carbocycles. The number of rotatable bonds is 5. The maximum Gasteiger partial charge on any atom is 0.313 e. The number of esters is 1. The molecule has 2 amide bonds. The first kappa shape index (κ1) is 20.6. The summed E-state index contributed by atoms with van der Waals surface area (Å²) in [6.07, 6.45) is 3.59. The molecule has 0 aliphatic carbocycles. The number of nitrogens with zero attached hydrogens (tertiary/aromatic N) is 1. The van der Waals surface area contributed by atoms with Crippen molar-refractivity contribution in [2.75, 3.05) is 5.32 Å². The molecule has 31 heavy (non-hydrogen) atoms. The van der Waals surface area contributed by atoms with Gasteiger partial charge in [0.05, 0.1) is 17.3 Å². The summed E-state index contributed by atoms with van der Waals surface area (Å²) in [5.74, 6) is -0.410. The molecule has 0 saturated heterocycles. The number of anilines is 1. The summed E-state index contributed by atoms with van der Waals surface area (Å²) in [5.41, 5.74) is 2.49. The fraction of sp³-hybridized carbons (Fsp3) is 0.125. The molecular weight excluding hydrogens is 412 g/mol. The third kappa shape index (κ3) is 4.73. The maximum atomic E-state index is 12.6. The molecule has 7 heteroatoms. The largest absolute Gasteiger partial charge is 0.426 e. The van der Waals surface area contributed by atoms with Crippen molar-refractivity contribution in [3.05, 3.63) is 88.2 Å². The fourth-order valence-corrected chi connectivity index (χ4v) is 4.07. The van der Waals surface area contributed by atoms with Gasteiger partial charge in [-0.3, -0.25) is 14.4 Å². The van der Waals surface area contributed by atoms with Gasteiger partial charge in [-0.25, -0.2) is 0 Å². The van der Waals surface area contributed by atoms with Gasteiger partial charge in [-0.05, 0) is 52.9 Å². The Bertz CT molecular complexity index is 1140. The van der Waals surface area contributed by atoms with Crippen molar-refractivity contribution < 1.29 is 19.1 Å². The molecule has 6 nitrogen and oxygen atoms in total. The second kappa shape index (κ2) is 8.97. The molecule has 4 rings (SSSR count). The molecule has 2 aromatic carbocycles. The van der Waals surface area contributed by atoms with Gasteiger partial charge < -0.3 is 15.0 Å². The second-order valence-electron chi connectivity index (χ2n) is 7.02. The normalized spacial score (nSPS) is 14.6. The first-order valence-electron chi connectivity index (χ1n) is 9.73. The number of carbonyl (C=O) groups is 3. The monoisotopic (exact) mass is 432 g/mol. The van der Waals surface area contributed by atoms with E-state index in [9.17, 15) is 14.4 Å². The van der Waals surface area contributed by atoms with Crippen LogP contribution in [0.2, 0.25) is 0 Å². The van der Waals surface area contributed by atoms with Gasteiger partial charge in [-0.1, -0.05) is 30.3 Å². The first-order valence-corrected chi connectivity index (χ1v) is 10.6. The highest BCUT2D eigenvalue weighted by molar-refractivity contribution is 7.12. The Balaban J connectivity index is 1.41. The predicted octanol–water partition coefficient (Wildman–Crippen LogP) is 4.87. The molecule has 1 aliphatic rings. The number of nitrogens with one attached hydrogen (secondary N) is 1. The van der Waals surface area contributed by atoms with Crippen molar-refractivity contribution in [3.8, 4) is 5.75 Å². The number of ether oxygens (including phenoxy) is 1. The number of carbonyl (C=O) groups excluding carboxylic acids is 3. The van der Waals surface area contributed by atoms with Crippen molar-refractivity contribution >= 4 is 40.9 Å². The summed E-state index contributed by atoms with van der Waals surface area (Å²) < 4.78 is 5.48. The summed E-state index contributed by atoms with van der Waals surface area (Å²) >= 11 is 1.36. The maximum absolute atomic E-state index is 12.6. The van der Waals surface area contributed by atoms with Gasteiger partial charge in [0.25, 0.3) is 5.91 Å². The van der Waals surface area contributed by atoms with E-state index in [1.165, 1.54) is 18.3 Å². The number of fused-ring (bicyclic) bond motifs is 1. The molecule has 1 unspecified atom stereocenters. The van der Waals surface area contributed by atoms with Crippen LogP contribution in [-0.4, -0.2) is 22.7 Å². The highest BCUT2D eigenvalue weighted by Crippen LogP contribution is 2.33. The number of amides is 2. The Morgan fingerprint density at radius 3 is 2.52 bits per heavy atom. The van der Waals surface area contributed by atoms with Gasteiger partial charge >= 0.3 is 5.97 Å². The van der Waals surface area contributed by atoms with E-state index in [1.807, 2.05) is 41.8 Å². The minimum atomic E-state index is -0.447. The van der Waals surface area contributed by atoms with Crippen molar-refractivity contribution in [3.63, 3.8) is 0 Å². The van der Waals surface area contributed by atoms with E-state index in [1.54, 1.807) is 41.4 Å². The SMILES string of the molecule is CC(=O)N1C=Cc2ccccc2C1CC(=O)Oc1ccc(NC(=O)c2cccs2)cc1. The van der Waals surface area contributed by atoms with E-state index in [-0.39, 0.29) is 18.2 Å². The molecule has 1 aromatic heterocycles. The van der Waals surface area contributed by atoms with Crippen LogP contribution in [0.15, 0.2) is 72.2 Å². The van der Waals surface area contributed by atoms with Crippen molar-refractivity contribution in [1.82, 2.24) is 4.90 Å². The number of hydrogen-bond acceptors (Lipinski definition) is 5. The minimum absolute atomic E-state index is 0.0256. The molecule has 2 heterocycles. The van der Waals surface area contributed by atoms with Gasteiger partial charge in [-0.2, -0.15) is 0 Å². The molecule has 156 valence electrons. The minimum Gasteiger partial charge on any atom is -0.426 e. The average Bonchev–Trinajstić information content (AvgIpc) is 3.30. The highest BCUT2D eigenvalue weighted by atomic mass is 32.1. The lowest BCUT2D eigenvalue weighted by atomic mass is 9.94. The molecule has 0 fully saturated rings. The third-order valence-corrected chi connectivity index (χ3v) is 5.79. The van der Waals surface area contributed by atoms with Crippen molar-refractivity contribution in [2.24, 2.45) is 0 Å².